The molecule has 0 aliphatic heterocycles. The van der Waals surface area contributed by atoms with Crippen molar-refractivity contribution in [1.82, 2.24) is 0 Å². The zero-order valence-corrected chi connectivity index (χ0v) is 10.9. The first-order valence-electron chi connectivity index (χ1n) is 6.21. The molecule has 0 aliphatic rings. The number of hydrogen-bond donors (Lipinski definition) is 0. The minimum atomic E-state index is 0.723. The molecule has 0 saturated carbocycles. The van der Waals surface area contributed by atoms with Crippen LogP contribution in [0.3, 0.4) is 0 Å². The lowest BCUT2D eigenvalue weighted by molar-refractivity contribution is 0.460. The second-order valence-electron chi connectivity index (χ2n) is 5.05. The molecule has 0 aliphatic carbocycles. The van der Waals surface area contributed by atoms with E-state index >= 15 is 0 Å². The van der Waals surface area contributed by atoms with Gasteiger partial charge in [0.25, 0.3) is 0 Å². The van der Waals surface area contributed by atoms with E-state index in [1.165, 1.54) is 19.3 Å². The minimum absolute atomic E-state index is 0.723. The molecule has 0 amide bonds. The van der Waals surface area contributed by atoms with Gasteiger partial charge in [-0.25, -0.2) is 0 Å². The molecule has 0 rings (SSSR count). The fourth-order valence-electron chi connectivity index (χ4n) is 1.98. The van der Waals surface area contributed by atoms with Crippen molar-refractivity contribution in [2.45, 2.75) is 60.8 Å². The molecule has 0 heterocycles. The van der Waals surface area contributed by atoms with Crippen LogP contribution in [0.1, 0.15) is 60.8 Å². The standard InChI is InChI=1S/C14H28/c1-7-13(9-11(3)4)10-14(8-2)12(5)6/h10-13H,7-9H2,1-6H3/b14-10-. The van der Waals surface area contributed by atoms with Crippen LogP contribution < -0.4 is 0 Å². The molecular formula is C14H28. The van der Waals surface area contributed by atoms with E-state index in [9.17, 15) is 0 Å². The van der Waals surface area contributed by atoms with Crippen LogP contribution in [0.5, 0.6) is 0 Å². The maximum absolute atomic E-state index is 2.53. The van der Waals surface area contributed by atoms with Gasteiger partial charge in [-0.3, -0.25) is 0 Å². The summed E-state index contributed by atoms with van der Waals surface area (Å²) in [7, 11) is 0. The summed E-state index contributed by atoms with van der Waals surface area (Å²) < 4.78 is 0. The van der Waals surface area contributed by atoms with Crippen molar-refractivity contribution in [3.8, 4) is 0 Å². The summed E-state index contributed by atoms with van der Waals surface area (Å²) in [6.45, 7) is 13.8. The molecule has 1 atom stereocenters. The minimum Gasteiger partial charge on any atom is -0.0820 e. The Balaban J connectivity index is 4.37. The largest absolute Gasteiger partial charge is 0.0820 e. The Kier molecular flexibility index (Phi) is 6.96. The summed E-state index contributed by atoms with van der Waals surface area (Å²) in [4.78, 5) is 0. The maximum atomic E-state index is 2.53. The topological polar surface area (TPSA) is 0 Å². The number of hydrogen-bond acceptors (Lipinski definition) is 0. The lowest BCUT2D eigenvalue weighted by atomic mass is 9.89. The highest BCUT2D eigenvalue weighted by atomic mass is 14.1. The predicted octanol–water partition coefficient (Wildman–Crippen LogP) is 5.05. The fraction of sp³-hybridized carbons (Fsp3) is 0.857. The van der Waals surface area contributed by atoms with Gasteiger partial charge in [-0.1, -0.05) is 53.2 Å². The molecular weight excluding hydrogens is 168 g/mol. The summed E-state index contributed by atoms with van der Waals surface area (Å²) in [6, 6.07) is 0. The van der Waals surface area contributed by atoms with Crippen LogP contribution in [0.15, 0.2) is 11.6 Å². The molecule has 84 valence electrons. The van der Waals surface area contributed by atoms with Crippen molar-refractivity contribution in [2.75, 3.05) is 0 Å². The molecule has 0 spiro atoms. The Morgan fingerprint density at radius 1 is 1.07 bits per heavy atom. The normalized spacial score (nSPS) is 15.3. The molecule has 0 heteroatoms. The fourth-order valence-corrected chi connectivity index (χ4v) is 1.98. The zero-order chi connectivity index (χ0) is 11.1. The van der Waals surface area contributed by atoms with E-state index < -0.39 is 0 Å². The molecule has 14 heavy (non-hydrogen) atoms. The highest BCUT2D eigenvalue weighted by Gasteiger charge is 2.08. The monoisotopic (exact) mass is 196 g/mol. The van der Waals surface area contributed by atoms with E-state index in [-0.39, 0.29) is 0 Å². The van der Waals surface area contributed by atoms with E-state index in [0.717, 1.165) is 17.8 Å². The van der Waals surface area contributed by atoms with Gasteiger partial charge in [0.15, 0.2) is 0 Å². The predicted molar refractivity (Wildman–Crippen MR) is 66.4 cm³/mol. The Labute approximate surface area is 90.8 Å². The third kappa shape index (κ3) is 5.47. The first-order chi connectivity index (χ1) is 6.51. The molecule has 0 aromatic rings. The van der Waals surface area contributed by atoms with Crippen LogP contribution in [-0.2, 0) is 0 Å². The first kappa shape index (κ1) is 13.7. The molecule has 0 saturated heterocycles. The van der Waals surface area contributed by atoms with Gasteiger partial charge in [-0.15, -0.1) is 0 Å². The smallest absolute Gasteiger partial charge is 0.0231 e. The second kappa shape index (κ2) is 7.09. The Hall–Kier alpha value is -0.260. The molecule has 0 N–H and O–H groups in total. The van der Waals surface area contributed by atoms with E-state index in [4.69, 9.17) is 0 Å². The average molecular weight is 196 g/mol. The Bertz CT molecular complexity index is 163. The molecule has 0 fully saturated rings. The summed E-state index contributed by atoms with van der Waals surface area (Å²) in [5.74, 6) is 2.34. The number of allylic oxidation sites excluding steroid dienone is 2. The lowest BCUT2D eigenvalue weighted by Gasteiger charge is -2.17. The third-order valence-electron chi connectivity index (χ3n) is 2.90. The van der Waals surface area contributed by atoms with Crippen LogP contribution in [0.4, 0.5) is 0 Å². The number of rotatable bonds is 6. The van der Waals surface area contributed by atoms with Crippen LogP contribution in [-0.4, -0.2) is 0 Å². The van der Waals surface area contributed by atoms with Gasteiger partial charge in [-0.2, -0.15) is 0 Å². The van der Waals surface area contributed by atoms with E-state index in [1.54, 1.807) is 5.57 Å². The van der Waals surface area contributed by atoms with Gasteiger partial charge >= 0.3 is 0 Å². The van der Waals surface area contributed by atoms with Crippen LogP contribution >= 0.6 is 0 Å². The Morgan fingerprint density at radius 3 is 1.93 bits per heavy atom. The van der Waals surface area contributed by atoms with E-state index in [2.05, 4.69) is 47.6 Å². The summed E-state index contributed by atoms with van der Waals surface area (Å²) in [5.41, 5.74) is 1.64. The third-order valence-corrected chi connectivity index (χ3v) is 2.90. The highest BCUT2D eigenvalue weighted by molar-refractivity contribution is 5.06. The van der Waals surface area contributed by atoms with Gasteiger partial charge in [0, 0.05) is 0 Å². The van der Waals surface area contributed by atoms with Gasteiger partial charge < -0.3 is 0 Å². The quantitative estimate of drug-likeness (QED) is 0.521. The highest BCUT2D eigenvalue weighted by Crippen LogP contribution is 2.22. The Morgan fingerprint density at radius 2 is 1.64 bits per heavy atom. The van der Waals surface area contributed by atoms with Crippen LogP contribution in [0.25, 0.3) is 0 Å². The summed E-state index contributed by atoms with van der Waals surface area (Å²) in [5, 5.41) is 0. The van der Waals surface area contributed by atoms with Gasteiger partial charge in [-0.05, 0) is 37.0 Å². The molecule has 0 nitrogen and oxygen atoms in total. The zero-order valence-electron chi connectivity index (χ0n) is 10.9. The van der Waals surface area contributed by atoms with Gasteiger partial charge in [0.1, 0.15) is 0 Å². The molecule has 0 radical (unpaired) electrons. The first-order valence-corrected chi connectivity index (χ1v) is 6.21. The SMILES string of the molecule is CC/C(=C/C(CC)CC(C)C)C(C)C. The van der Waals surface area contributed by atoms with Crippen LogP contribution in [0, 0.1) is 17.8 Å². The van der Waals surface area contributed by atoms with Crippen molar-refractivity contribution in [3.05, 3.63) is 11.6 Å². The van der Waals surface area contributed by atoms with Gasteiger partial charge in [0.2, 0.25) is 0 Å². The lowest BCUT2D eigenvalue weighted by Crippen LogP contribution is -2.03. The van der Waals surface area contributed by atoms with Crippen molar-refractivity contribution in [3.63, 3.8) is 0 Å². The van der Waals surface area contributed by atoms with Crippen molar-refractivity contribution in [1.29, 1.82) is 0 Å². The molecule has 0 aromatic carbocycles. The molecule has 1 unspecified atom stereocenters. The molecule has 0 bridgehead atoms. The maximum Gasteiger partial charge on any atom is -0.0231 e. The average Bonchev–Trinajstić information content (AvgIpc) is 2.10. The van der Waals surface area contributed by atoms with Crippen molar-refractivity contribution in [2.24, 2.45) is 17.8 Å². The van der Waals surface area contributed by atoms with Crippen molar-refractivity contribution >= 4 is 0 Å². The second-order valence-corrected chi connectivity index (χ2v) is 5.05. The van der Waals surface area contributed by atoms with E-state index in [1.807, 2.05) is 0 Å². The van der Waals surface area contributed by atoms with Crippen molar-refractivity contribution < 1.29 is 0 Å². The van der Waals surface area contributed by atoms with E-state index in [0.29, 0.717) is 0 Å². The summed E-state index contributed by atoms with van der Waals surface area (Å²) in [6.07, 6.45) is 6.37. The molecule has 0 aromatic heterocycles. The van der Waals surface area contributed by atoms with Crippen LogP contribution in [0.2, 0.25) is 0 Å². The van der Waals surface area contributed by atoms with Gasteiger partial charge in [0.05, 0.1) is 0 Å². The summed E-state index contributed by atoms with van der Waals surface area (Å²) >= 11 is 0.